The molecule has 1 nitrogen and oxygen atoms in total. The van der Waals surface area contributed by atoms with Gasteiger partial charge in [0.1, 0.15) is 0 Å². The lowest BCUT2D eigenvalue weighted by Crippen LogP contribution is -2.14. The Morgan fingerprint density at radius 1 is 0.933 bits per heavy atom. The first kappa shape index (κ1) is 12.4. The Morgan fingerprint density at radius 3 is 1.60 bits per heavy atom. The zero-order valence-corrected chi connectivity index (χ0v) is 11.5. The maximum absolute atomic E-state index is 2.45. The molecule has 15 heavy (non-hydrogen) atoms. The Balaban J connectivity index is 3.51. The van der Waals surface area contributed by atoms with E-state index >= 15 is 0 Å². The van der Waals surface area contributed by atoms with Crippen molar-refractivity contribution in [1.29, 1.82) is 0 Å². The van der Waals surface area contributed by atoms with E-state index in [4.69, 9.17) is 0 Å². The van der Waals surface area contributed by atoms with Gasteiger partial charge < -0.3 is 4.57 Å². The third-order valence-electron chi connectivity index (χ3n) is 3.27. The van der Waals surface area contributed by atoms with Gasteiger partial charge in [-0.05, 0) is 51.2 Å². The quantitative estimate of drug-likeness (QED) is 0.647. The SMILES string of the molecule is Cc1c(C(C)(C)C)c(C)n(C(C)C)c1C. The molecule has 1 rings (SSSR count). The minimum Gasteiger partial charge on any atom is -0.346 e. The molecule has 0 aliphatic heterocycles. The summed E-state index contributed by atoms with van der Waals surface area (Å²) in [5, 5.41) is 0. The molecule has 0 radical (unpaired) electrons. The van der Waals surface area contributed by atoms with Crippen LogP contribution in [0.1, 0.15) is 63.2 Å². The van der Waals surface area contributed by atoms with Gasteiger partial charge in [-0.15, -0.1) is 0 Å². The molecule has 0 atom stereocenters. The first-order chi connectivity index (χ1) is 6.68. The van der Waals surface area contributed by atoms with Crippen molar-refractivity contribution in [2.75, 3.05) is 0 Å². The lowest BCUT2D eigenvalue weighted by Gasteiger charge is -2.21. The fourth-order valence-electron chi connectivity index (χ4n) is 2.88. The van der Waals surface area contributed by atoms with E-state index in [1.54, 1.807) is 0 Å². The van der Waals surface area contributed by atoms with E-state index in [0.717, 1.165) is 0 Å². The van der Waals surface area contributed by atoms with Crippen LogP contribution >= 0.6 is 0 Å². The van der Waals surface area contributed by atoms with Crippen molar-refractivity contribution in [3.05, 3.63) is 22.5 Å². The average Bonchev–Trinajstić information content (AvgIpc) is 2.21. The van der Waals surface area contributed by atoms with Gasteiger partial charge in [0.05, 0.1) is 0 Å². The van der Waals surface area contributed by atoms with Crippen molar-refractivity contribution in [1.82, 2.24) is 4.57 Å². The largest absolute Gasteiger partial charge is 0.346 e. The monoisotopic (exact) mass is 207 g/mol. The topological polar surface area (TPSA) is 4.93 Å². The molecule has 1 aromatic heterocycles. The van der Waals surface area contributed by atoms with Crippen LogP contribution in [0.3, 0.4) is 0 Å². The van der Waals surface area contributed by atoms with Crippen LogP contribution in [0.15, 0.2) is 0 Å². The highest BCUT2D eigenvalue weighted by molar-refractivity contribution is 5.41. The first-order valence-corrected chi connectivity index (χ1v) is 5.86. The summed E-state index contributed by atoms with van der Waals surface area (Å²) in [7, 11) is 0. The van der Waals surface area contributed by atoms with Crippen LogP contribution in [0.25, 0.3) is 0 Å². The number of nitrogens with zero attached hydrogens (tertiary/aromatic N) is 1. The van der Waals surface area contributed by atoms with Gasteiger partial charge in [0.25, 0.3) is 0 Å². The Bertz CT molecular complexity index is 362. The number of hydrogen-bond donors (Lipinski definition) is 0. The first-order valence-electron chi connectivity index (χ1n) is 5.86. The Kier molecular flexibility index (Phi) is 3.04. The van der Waals surface area contributed by atoms with Crippen LogP contribution in [-0.2, 0) is 5.41 Å². The summed E-state index contributed by atoms with van der Waals surface area (Å²) in [6.45, 7) is 18.1. The van der Waals surface area contributed by atoms with E-state index < -0.39 is 0 Å². The summed E-state index contributed by atoms with van der Waals surface area (Å²) in [6, 6.07) is 0.555. The van der Waals surface area contributed by atoms with E-state index in [1.807, 2.05) is 0 Å². The summed E-state index contributed by atoms with van der Waals surface area (Å²) < 4.78 is 2.45. The van der Waals surface area contributed by atoms with E-state index in [2.05, 4.69) is 60.0 Å². The summed E-state index contributed by atoms with van der Waals surface area (Å²) in [6.07, 6.45) is 0. The minimum absolute atomic E-state index is 0.249. The molecule has 0 N–H and O–H groups in total. The lowest BCUT2D eigenvalue weighted by atomic mass is 9.84. The van der Waals surface area contributed by atoms with Gasteiger partial charge in [0, 0.05) is 17.4 Å². The van der Waals surface area contributed by atoms with Gasteiger partial charge in [0.15, 0.2) is 0 Å². The highest BCUT2D eigenvalue weighted by Crippen LogP contribution is 2.34. The van der Waals surface area contributed by atoms with E-state index in [1.165, 1.54) is 22.5 Å². The van der Waals surface area contributed by atoms with Gasteiger partial charge in [-0.3, -0.25) is 0 Å². The third kappa shape index (κ3) is 1.97. The van der Waals surface area contributed by atoms with Gasteiger partial charge in [-0.1, -0.05) is 20.8 Å². The van der Waals surface area contributed by atoms with E-state index in [0.29, 0.717) is 6.04 Å². The molecule has 0 saturated carbocycles. The highest BCUT2D eigenvalue weighted by Gasteiger charge is 2.24. The van der Waals surface area contributed by atoms with Crippen LogP contribution in [0.4, 0.5) is 0 Å². The fraction of sp³-hybridized carbons (Fsp3) is 0.714. The lowest BCUT2D eigenvalue weighted by molar-refractivity contribution is 0.550. The maximum atomic E-state index is 2.45. The van der Waals surface area contributed by atoms with Crippen molar-refractivity contribution in [2.45, 2.75) is 66.8 Å². The van der Waals surface area contributed by atoms with Crippen LogP contribution in [0.5, 0.6) is 0 Å². The predicted molar refractivity (Wildman–Crippen MR) is 67.7 cm³/mol. The van der Waals surface area contributed by atoms with Crippen LogP contribution in [-0.4, -0.2) is 4.57 Å². The molecule has 1 heterocycles. The van der Waals surface area contributed by atoms with Crippen molar-refractivity contribution in [2.24, 2.45) is 0 Å². The molecule has 0 fully saturated rings. The standard InChI is InChI=1S/C14H25N/c1-9(2)15-11(4)10(3)13(12(15)5)14(6,7)8/h9H,1-8H3. The summed E-state index contributed by atoms with van der Waals surface area (Å²) in [5.41, 5.74) is 6.10. The Morgan fingerprint density at radius 2 is 1.40 bits per heavy atom. The van der Waals surface area contributed by atoms with E-state index in [-0.39, 0.29) is 5.41 Å². The Hall–Kier alpha value is -0.720. The third-order valence-corrected chi connectivity index (χ3v) is 3.27. The van der Waals surface area contributed by atoms with Gasteiger partial charge in [-0.2, -0.15) is 0 Å². The molecule has 1 heteroatoms. The van der Waals surface area contributed by atoms with Crippen molar-refractivity contribution >= 4 is 0 Å². The zero-order chi connectivity index (χ0) is 12.0. The Labute approximate surface area is 94.5 Å². The molecular weight excluding hydrogens is 182 g/mol. The molecule has 0 bridgehead atoms. The zero-order valence-electron chi connectivity index (χ0n) is 11.5. The molecule has 0 unspecified atom stereocenters. The maximum Gasteiger partial charge on any atom is 0.0279 e. The summed E-state index contributed by atoms with van der Waals surface area (Å²) in [5.74, 6) is 0. The highest BCUT2D eigenvalue weighted by atomic mass is 15.0. The normalized spacial score (nSPS) is 12.6. The molecule has 0 aliphatic carbocycles. The molecule has 0 spiro atoms. The fourth-order valence-corrected chi connectivity index (χ4v) is 2.88. The number of aromatic nitrogens is 1. The van der Waals surface area contributed by atoms with Crippen LogP contribution in [0.2, 0.25) is 0 Å². The van der Waals surface area contributed by atoms with Crippen LogP contribution < -0.4 is 0 Å². The molecule has 0 aliphatic rings. The second-order valence-electron chi connectivity index (χ2n) is 5.88. The molecule has 0 amide bonds. The second kappa shape index (κ2) is 3.70. The molecule has 0 saturated heterocycles. The van der Waals surface area contributed by atoms with Gasteiger partial charge >= 0.3 is 0 Å². The molecule has 86 valence electrons. The second-order valence-corrected chi connectivity index (χ2v) is 5.88. The summed E-state index contributed by atoms with van der Waals surface area (Å²) in [4.78, 5) is 0. The van der Waals surface area contributed by atoms with Crippen molar-refractivity contribution < 1.29 is 0 Å². The van der Waals surface area contributed by atoms with Gasteiger partial charge in [0.2, 0.25) is 0 Å². The van der Waals surface area contributed by atoms with Crippen LogP contribution in [0, 0.1) is 20.8 Å². The summed E-state index contributed by atoms with van der Waals surface area (Å²) >= 11 is 0. The number of rotatable bonds is 1. The van der Waals surface area contributed by atoms with Crippen molar-refractivity contribution in [3.8, 4) is 0 Å². The van der Waals surface area contributed by atoms with Gasteiger partial charge in [-0.25, -0.2) is 0 Å². The average molecular weight is 207 g/mol. The number of hydrogen-bond acceptors (Lipinski definition) is 0. The molecule has 1 aromatic rings. The molecular formula is C14H25N. The smallest absolute Gasteiger partial charge is 0.0279 e. The van der Waals surface area contributed by atoms with E-state index in [9.17, 15) is 0 Å². The minimum atomic E-state index is 0.249. The predicted octanol–water partition coefficient (Wildman–Crippen LogP) is 4.29. The van der Waals surface area contributed by atoms with Crippen molar-refractivity contribution in [3.63, 3.8) is 0 Å². The molecule has 0 aromatic carbocycles.